The first-order chi connectivity index (χ1) is 12.1. The van der Waals surface area contributed by atoms with Crippen molar-refractivity contribution < 1.29 is 13.6 Å². The van der Waals surface area contributed by atoms with E-state index in [1.807, 2.05) is 0 Å². The molecule has 0 saturated carbocycles. The van der Waals surface area contributed by atoms with Crippen LogP contribution in [0.15, 0.2) is 33.5 Å². The monoisotopic (exact) mass is 355 g/mol. The molecule has 0 bridgehead atoms. The van der Waals surface area contributed by atoms with Crippen LogP contribution in [-0.2, 0) is 10.8 Å². The van der Waals surface area contributed by atoms with Gasteiger partial charge in [-0.05, 0) is 0 Å². The molecule has 0 aromatic carbocycles. The van der Waals surface area contributed by atoms with Gasteiger partial charge in [0.2, 0.25) is 11.8 Å². The summed E-state index contributed by atoms with van der Waals surface area (Å²) >= 11 is 0. The molecule has 138 valence electrons. The first kappa shape index (κ1) is 18.2. The van der Waals surface area contributed by atoms with Gasteiger partial charge in [-0.3, -0.25) is 0 Å². The van der Waals surface area contributed by atoms with E-state index >= 15 is 0 Å². The molecule has 0 saturated heterocycles. The Morgan fingerprint density at radius 2 is 1.15 bits per heavy atom. The zero-order valence-corrected chi connectivity index (χ0v) is 16.4. The highest BCUT2D eigenvalue weighted by atomic mass is 16.5. The maximum atomic E-state index is 5.65. The summed E-state index contributed by atoms with van der Waals surface area (Å²) in [6.07, 6.45) is 3.33. The van der Waals surface area contributed by atoms with Gasteiger partial charge in [-0.1, -0.05) is 41.5 Å². The molecule has 0 fully saturated rings. The Morgan fingerprint density at radius 3 is 1.46 bits per heavy atom. The van der Waals surface area contributed by atoms with Gasteiger partial charge in [-0.2, -0.15) is 0 Å². The molecule has 3 aromatic heterocycles. The predicted octanol–water partition coefficient (Wildman–Crippen LogP) is 5.00. The van der Waals surface area contributed by atoms with Crippen molar-refractivity contribution in [3.63, 3.8) is 0 Å². The second kappa shape index (κ2) is 6.27. The van der Waals surface area contributed by atoms with Crippen molar-refractivity contribution >= 4 is 0 Å². The summed E-state index contributed by atoms with van der Waals surface area (Å²) in [6.45, 7) is 12.5. The smallest absolute Gasteiger partial charge is 0.245 e. The summed E-state index contributed by atoms with van der Waals surface area (Å²) in [5.41, 5.74) is 2.67. The van der Waals surface area contributed by atoms with E-state index in [0.29, 0.717) is 28.9 Å². The minimum atomic E-state index is -0.104. The largest absolute Gasteiger partial charge is 0.497 e. The second-order valence-corrected chi connectivity index (χ2v) is 8.35. The average molecular weight is 355 g/mol. The zero-order valence-electron chi connectivity index (χ0n) is 16.4. The molecule has 0 aliphatic carbocycles. The van der Waals surface area contributed by atoms with Crippen LogP contribution in [0.4, 0.5) is 0 Å². The number of hydrogen-bond donors (Lipinski definition) is 0. The number of ether oxygens (including phenoxy) is 1. The van der Waals surface area contributed by atoms with E-state index < -0.39 is 0 Å². The van der Waals surface area contributed by atoms with Gasteiger partial charge in [0.25, 0.3) is 0 Å². The summed E-state index contributed by atoms with van der Waals surface area (Å²) in [6, 6.07) is 3.57. The lowest BCUT2D eigenvalue weighted by molar-refractivity contribution is 0.414. The van der Waals surface area contributed by atoms with E-state index in [4.69, 9.17) is 13.6 Å². The molecule has 0 N–H and O–H groups in total. The number of pyridine rings is 1. The van der Waals surface area contributed by atoms with Crippen LogP contribution in [0.3, 0.4) is 0 Å². The Labute approximate surface area is 153 Å². The molecule has 26 heavy (non-hydrogen) atoms. The molecule has 3 aromatic rings. The molecule has 6 heteroatoms. The fourth-order valence-electron chi connectivity index (χ4n) is 2.31. The van der Waals surface area contributed by atoms with Gasteiger partial charge in [0.05, 0.1) is 18.5 Å². The molecule has 0 radical (unpaired) electrons. The van der Waals surface area contributed by atoms with Crippen LogP contribution in [0.5, 0.6) is 5.75 Å². The first-order valence-corrected chi connectivity index (χ1v) is 8.57. The molecule has 0 unspecified atom stereocenters. The third-order valence-corrected chi connectivity index (χ3v) is 4.02. The number of nitrogens with zero attached hydrogens (tertiary/aromatic N) is 3. The lowest BCUT2D eigenvalue weighted by Crippen LogP contribution is -2.11. The van der Waals surface area contributed by atoms with Crippen LogP contribution in [0.25, 0.3) is 23.2 Å². The van der Waals surface area contributed by atoms with Crippen molar-refractivity contribution in [1.82, 2.24) is 15.0 Å². The summed E-state index contributed by atoms with van der Waals surface area (Å²) < 4.78 is 16.7. The number of hydrogen-bond acceptors (Lipinski definition) is 6. The zero-order chi connectivity index (χ0) is 19.1. The van der Waals surface area contributed by atoms with Crippen molar-refractivity contribution in [2.75, 3.05) is 7.11 Å². The second-order valence-electron chi connectivity index (χ2n) is 8.35. The quantitative estimate of drug-likeness (QED) is 0.658. The number of aromatic nitrogens is 3. The van der Waals surface area contributed by atoms with E-state index in [9.17, 15) is 0 Å². The van der Waals surface area contributed by atoms with E-state index in [2.05, 4.69) is 56.5 Å². The van der Waals surface area contributed by atoms with E-state index in [1.165, 1.54) is 0 Å². The molecule has 3 rings (SSSR count). The first-order valence-electron chi connectivity index (χ1n) is 8.57. The Hall–Kier alpha value is -2.63. The highest BCUT2D eigenvalue weighted by molar-refractivity contribution is 5.60. The van der Waals surface area contributed by atoms with Crippen molar-refractivity contribution in [3.8, 4) is 28.9 Å². The normalized spacial score (nSPS) is 12.4. The molecular formula is C20H25N3O3. The predicted molar refractivity (Wildman–Crippen MR) is 99.2 cm³/mol. The maximum absolute atomic E-state index is 5.65. The lowest BCUT2D eigenvalue weighted by atomic mass is 9.93. The summed E-state index contributed by atoms with van der Waals surface area (Å²) in [5, 5.41) is 0. The molecule has 0 aliphatic rings. The Morgan fingerprint density at radius 1 is 0.731 bits per heavy atom. The van der Waals surface area contributed by atoms with Crippen LogP contribution in [0.1, 0.15) is 52.9 Å². The topological polar surface area (TPSA) is 74.2 Å². The van der Waals surface area contributed by atoms with Crippen LogP contribution in [-0.4, -0.2) is 22.1 Å². The minimum absolute atomic E-state index is 0.104. The van der Waals surface area contributed by atoms with Gasteiger partial charge in [0.15, 0.2) is 0 Å². The minimum Gasteiger partial charge on any atom is -0.497 e. The maximum Gasteiger partial charge on any atom is 0.245 e. The third kappa shape index (κ3) is 3.64. The molecule has 0 amide bonds. The fraction of sp³-hybridized carbons (Fsp3) is 0.450. The van der Waals surface area contributed by atoms with Crippen LogP contribution in [0, 0.1) is 0 Å². The SMILES string of the molecule is COc1cc(-c2nc(C(C)(C)C)co2)nc(-c2nc(C(C)(C)C)co2)c1. The van der Waals surface area contributed by atoms with Crippen LogP contribution < -0.4 is 4.74 Å². The van der Waals surface area contributed by atoms with Crippen molar-refractivity contribution in [3.05, 3.63) is 36.0 Å². The van der Waals surface area contributed by atoms with E-state index in [1.54, 1.807) is 31.8 Å². The average Bonchev–Trinajstić information content (AvgIpc) is 3.22. The number of methoxy groups -OCH3 is 1. The van der Waals surface area contributed by atoms with Crippen LogP contribution in [0.2, 0.25) is 0 Å². The molecule has 6 nitrogen and oxygen atoms in total. The number of rotatable bonds is 3. The summed E-state index contributed by atoms with van der Waals surface area (Å²) in [7, 11) is 1.61. The number of oxazole rings is 2. The van der Waals surface area contributed by atoms with E-state index in [0.717, 1.165) is 11.4 Å². The van der Waals surface area contributed by atoms with Gasteiger partial charge >= 0.3 is 0 Å². The Bertz CT molecular complexity index is 841. The third-order valence-electron chi connectivity index (χ3n) is 4.02. The molecule has 0 spiro atoms. The molecular weight excluding hydrogens is 330 g/mol. The fourth-order valence-corrected chi connectivity index (χ4v) is 2.31. The Balaban J connectivity index is 2.05. The highest BCUT2D eigenvalue weighted by Gasteiger charge is 2.23. The van der Waals surface area contributed by atoms with Crippen molar-refractivity contribution in [2.45, 2.75) is 52.4 Å². The highest BCUT2D eigenvalue weighted by Crippen LogP contribution is 2.31. The Kier molecular flexibility index (Phi) is 4.38. The van der Waals surface area contributed by atoms with Gasteiger partial charge in [-0.15, -0.1) is 0 Å². The summed E-state index contributed by atoms with van der Waals surface area (Å²) in [5.74, 6) is 1.52. The van der Waals surface area contributed by atoms with Crippen LogP contribution >= 0.6 is 0 Å². The van der Waals surface area contributed by atoms with Crippen molar-refractivity contribution in [1.29, 1.82) is 0 Å². The van der Waals surface area contributed by atoms with Gasteiger partial charge in [0, 0.05) is 23.0 Å². The summed E-state index contributed by atoms with van der Waals surface area (Å²) in [4.78, 5) is 13.8. The lowest BCUT2D eigenvalue weighted by Gasteiger charge is -2.13. The van der Waals surface area contributed by atoms with Gasteiger partial charge < -0.3 is 13.6 Å². The van der Waals surface area contributed by atoms with Gasteiger partial charge in [-0.25, -0.2) is 15.0 Å². The van der Waals surface area contributed by atoms with Crippen molar-refractivity contribution in [2.24, 2.45) is 0 Å². The van der Waals surface area contributed by atoms with E-state index in [-0.39, 0.29) is 10.8 Å². The molecule has 0 aliphatic heterocycles. The standard InChI is InChI=1S/C20H25N3O3/c1-19(2,3)15-10-25-17(22-15)13-8-12(24-7)9-14(21-13)18-23-16(11-26-18)20(4,5)6/h8-11H,1-7H3. The van der Waals surface area contributed by atoms with Gasteiger partial charge in [0.1, 0.15) is 29.7 Å². The molecule has 3 heterocycles. The molecule has 0 atom stereocenters.